The van der Waals surface area contributed by atoms with Crippen molar-refractivity contribution in [3.63, 3.8) is 0 Å². The Bertz CT molecular complexity index is 679. The van der Waals surface area contributed by atoms with Gasteiger partial charge in [-0.2, -0.15) is 25.8 Å². The first-order chi connectivity index (χ1) is 12.4. The molecule has 0 spiro atoms. The zero-order valence-electron chi connectivity index (χ0n) is 15.4. The number of halogens is 4. The molecule has 1 atom stereocenters. The molecule has 10 heteroatoms. The molecule has 1 aliphatic heterocycles. The Labute approximate surface area is 161 Å². The van der Waals surface area contributed by atoms with E-state index >= 15 is 0 Å². The predicted molar refractivity (Wildman–Crippen MR) is 96.6 cm³/mol. The molecule has 0 aromatic carbocycles. The van der Waals surface area contributed by atoms with Gasteiger partial charge in [0.25, 0.3) is 0 Å². The molecule has 1 aliphatic rings. The molecule has 1 unspecified atom stereocenters. The summed E-state index contributed by atoms with van der Waals surface area (Å²) in [5, 5.41) is 0. The van der Waals surface area contributed by atoms with Crippen LogP contribution in [0.2, 0.25) is 0 Å². The van der Waals surface area contributed by atoms with Crippen LogP contribution in [-0.2, 0) is 10.9 Å². The number of alkyl halides is 3. The Morgan fingerprint density at radius 1 is 1.33 bits per heavy atom. The van der Waals surface area contributed by atoms with Gasteiger partial charge in [0.1, 0.15) is 5.60 Å². The highest BCUT2D eigenvalue weighted by Gasteiger charge is 2.36. The fourth-order valence-electron chi connectivity index (χ4n) is 2.82. The van der Waals surface area contributed by atoms with Crippen molar-refractivity contribution < 1.29 is 27.1 Å². The number of ether oxygens (including phenoxy) is 1. The third kappa shape index (κ3) is 5.63. The van der Waals surface area contributed by atoms with Crippen LogP contribution in [-0.4, -0.2) is 53.0 Å². The Morgan fingerprint density at radius 3 is 2.52 bits per heavy atom. The molecule has 0 N–H and O–H groups in total. The summed E-state index contributed by atoms with van der Waals surface area (Å²) in [7, 11) is 0. The summed E-state index contributed by atoms with van der Waals surface area (Å²) in [5.41, 5.74) is -1.78. The van der Waals surface area contributed by atoms with Crippen LogP contribution >= 0.6 is 12.6 Å². The number of hydrogen-bond donors (Lipinski definition) is 1. The van der Waals surface area contributed by atoms with Crippen molar-refractivity contribution in [2.75, 3.05) is 30.3 Å². The molecular weight excluding hydrogens is 386 g/mol. The zero-order chi connectivity index (χ0) is 20.4. The standard InChI is InChI=1S/C17H23F4N3O2S/c1-16(2,3)26-15(25)23-5-6-24(12(10-23)4-7-27)14-13(18)8-11(9-22-14)17(19,20)21/h8-9,12,27H,4-7,10H2,1-3H3. The molecule has 0 aliphatic carbocycles. The number of pyridine rings is 1. The number of piperazine rings is 1. The molecule has 2 heterocycles. The Balaban J connectivity index is 2.20. The predicted octanol–water partition coefficient (Wildman–Crippen LogP) is 3.99. The molecule has 0 radical (unpaired) electrons. The van der Waals surface area contributed by atoms with Crippen LogP contribution in [0.15, 0.2) is 12.3 Å². The van der Waals surface area contributed by atoms with Gasteiger partial charge >= 0.3 is 12.3 Å². The second-order valence-corrected chi connectivity index (χ2v) is 7.76. The maximum atomic E-state index is 14.3. The van der Waals surface area contributed by atoms with Gasteiger partial charge in [-0.05, 0) is 39.0 Å². The first-order valence-electron chi connectivity index (χ1n) is 8.50. The highest BCUT2D eigenvalue weighted by Crippen LogP contribution is 2.32. The van der Waals surface area contributed by atoms with Crippen LogP contribution in [0.5, 0.6) is 0 Å². The molecular formula is C17H23F4N3O2S. The fraction of sp³-hybridized carbons (Fsp3) is 0.647. The summed E-state index contributed by atoms with van der Waals surface area (Å²) in [6, 6.07) is 0.114. The summed E-state index contributed by atoms with van der Waals surface area (Å²) in [5.74, 6) is -0.732. The van der Waals surface area contributed by atoms with Gasteiger partial charge in [0.2, 0.25) is 0 Å². The summed E-state index contributed by atoms with van der Waals surface area (Å²) < 4.78 is 57.9. The van der Waals surface area contributed by atoms with E-state index in [1.807, 2.05) is 0 Å². The molecule has 5 nitrogen and oxygen atoms in total. The molecule has 1 saturated heterocycles. The van der Waals surface area contributed by atoms with Crippen LogP contribution in [0.1, 0.15) is 32.8 Å². The van der Waals surface area contributed by atoms with Crippen molar-refractivity contribution in [2.24, 2.45) is 0 Å². The van der Waals surface area contributed by atoms with Crippen molar-refractivity contribution in [1.82, 2.24) is 9.88 Å². The van der Waals surface area contributed by atoms with E-state index in [4.69, 9.17) is 4.74 Å². The van der Waals surface area contributed by atoms with Crippen LogP contribution in [0, 0.1) is 5.82 Å². The van der Waals surface area contributed by atoms with Gasteiger partial charge in [-0.25, -0.2) is 14.2 Å². The number of nitrogens with zero attached hydrogens (tertiary/aromatic N) is 3. The first-order valence-corrected chi connectivity index (χ1v) is 9.14. The van der Waals surface area contributed by atoms with E-state index in [1.165, 1.54) is 4.90 Å². The quantitative estimate of drug-likeness (QED) is 0.606. The lowest BCUT2D eigenvalue weighted by atomic mass is 10.1. The van der Waals surface area contributed by atoms with E-state index in [0.29, 0.717) is 24.4 Å². The molecule has 152 valence electrons. The number of aromatic nitrogens is 1. The number of anilines is 1. The molecule has 1 aromatic rings. The second kappa shape index (κ2) is 8.12. The molecule has 0 bridgehead atoms. The van der Waals surface area contributed by atoms with Crippen molar-refractivity contribution >= 4 is 24.5 Å². The zero-order valence-corrected chi connectivity index (χ0v) is 16.3. The molecule has 0 saturated carbocycles. The summed E-state index contributed by atoms with van der Waals surface area (Å²) in [6.45, 7) is 6.00. The van der Waals surface area contributed by atoms with Gasteiger partial charge in [0.15, 0.2) is 11.6 Å². The lowest BCUT2D eigenvalue weighted by Crippen LogP contribution is -2.56. The molecule has 1 aromatic heterocycles. The number of amides is 1. The van der Waals surface area contributed by atoms with Gasteiger partial charge in [-0.1, -0.05) is 0 Å². The number of thiol groups is 1. The van der Waals surface area contributed by atoms with E-state index in [9.17, 15) is 22.4 Å². The van der Waals surface area contributed by atoms with Crippen LogP contribution in [0.3, 0.4) is 0 Å². The molecule has 1 fully saturated rings. The minimum absolute atomic E-state index is 0.154. The second-order valence-electron chi connectivity index (χ2n) is 7.31. The lowest BCUT2D eigenvalue weighted by Gasteiger charge is -2.42. The van der Waals surface area contributed by atoms with Crippen molar-refractivity contribution in [3.8, 4) is 0 Å². The van der Waals surface area contributed by atoms with Crippen LogP contribution in [0.25, 0.3) is 0 Å². The maximum Gasteiger partial charge on any atom is 0.417 e. The highest BCUT2D eigenvalue weighted by molar-refractivity contribution is 7.80. The van der Waals surface area contributed by atoms with Gasteiger partial charge in [0, 0.05) is 31.9 Å². The van der Waals surface area contributed by atoms with Gasteiger partial charge in [0.05, 0.1) is 5.56 Å². The van der Waals surface area contributed by atoms with Crippen LogP contribution in [0.4, 0.5) is 28.2 Å². The van der Waals surface area contributed by atoms with Crippen LogP contribution < -0.4 is 4.90 Å². The minimum Gasteiger partial charge on any atom is -0.444 e. The molecule has 2 rings (SSSR count). The average Bonchev–Trinajstić information content (AvgIpc) is 2.53. The maximum absolute atomic E-state index is 14.3. The van der Waals surface area contributed by atoms with E-state index in [-0.39, 0.29) is 31.5 Å². The van der Waals surface area contributed by atoms with E-state index < -0.39 is 29.3 Å². The smallest absolute Gasteiger partial charge is 0.417 e. The number of hydrogen-bond acceptors (Lipinski definition) is 5. The Morgan fingerprint density at radius 2 is 2.00 bits per heavy atom. The van der Waals surface area contributed by atoms with Crippen molar-refractivity contribution in [2.45, 2.75) is 45.0 Å². The summed E-state index contributed by atoms with van der Waals surface area (Å²) in [4.78, 5) is 19.1. The molecule has 1 amide bonds. The highest BCUT2D eigenvalue weighted by atomic mass is 32.1. The van der Waals surface area contributed by atoms with Gasteiger partial charge < -0.3 is 14.5 Å². The average molecular weight is 409 g/mol. The summed E-state index contributed by atoms with van der Waals surface area (Å²) >= 11 is 4.19. The van der Waals surface area contributed by atoms with Gasteiger partial charge in [-0.15, -0.1) is 0 Å². The van der Waals surface area contributed by atoms with Crippen molar-refractivity contribution in [1.29, 1.82) is 0 Å². The molecule has 27 heavy (non-hydrogen) atoms. The van der Waals surface area contributed by atoms with E-state index in [1.54, 1.807) is 25.7 Å². The topological polar surface area (TPSA) is 45.7 Å². The lowest BCUT2D eigenvalue weighted by molar-refractivity contribution is -0.138. The minimum atomic E-state index is -4.66. The SMILES string of the molecule is CC(C)(C)OC(=O)N1CCN(c2ncc(C(F)(F)F)cc2F)C(CCS)C1. The van der Waals surface area contributed by atoms with E-state index in [0.717, 1.165) is 0 Å². The third-order valence-corrected chi connectivity index (χ3v) is 4.28. The summed E-state index contributed by atoms with van der Waals surface area (Å²) in [6.07, 6.45) is -4.01. The number of rotatable bonds is 3. The van der Waals surface area contributed by atoms with Crippen molar-refractivity contribution in [3.05, 3.63) is 23.6 Å². The Kier molecular flexibility index (Phi) is 6.49. The number of carbonyl (C=O) groups excluding carboxylic acids is 1. The Hall–Kier alpha value is -1.71. The van der Waals surface area contributed by atoms with Gasteiger partial charge in [-0.3, -0.25) is 0 Å². The monoisotopic (exact) mass is 409 g/mol. The normalized spacial score (nSPS) is 18.6. The fourth-order valence-corrected chi connectivity index (χ4v) is 3.12. The largest absolute Gasteiger partial charge is 0.444 e. The first kappa shape index (κ1) is 21.6. The van der Waals surface area contributed by atoms with E-state index in [2.05, 4.69) is 17.6 Å². The number of carbonyl (C=O) groups is 1. The third-order valence-electron chi connectivity index (χ3n) is 4.02.